The lowest BCUT2D eigenvalue weighted by molar-refractivity contribution is 0.0698. The molecule has 0 spiro atoms. The zero-order valence-corrected chi connectivity index (χ0v) is 12.9. The number of halogens is 1. The van der Waals surface area contributed by atoms with Crippen LogP contribution in [0.2, 0.25) is 0 Å². The Labute approximate surface area is 125 Å². The van der Waals surface area contributed by atoms with Crippen LogP contribution < -0.4 is 10.6 Å². The van der Waals surface area contributed by atoms with Crippen molar-refractivity contribution in [3.05, 3.63) is 28.2 Å². The van der Waals surface area contributed by atoms with Gasteiger partial charge in [0.25, 0.3) is 0 Å². The summed E-state index contributed by atoms with van der Waals surface area (Å²) >= 11 is 3.24. The molecule has 1 aromatic carbocycles. The molecule has 1 atom stereocenters. The predicted molar refractivity (Wildman–Crippen MR) is 79.2 cm³/mol. The summed E-state index contributed by atoms with van der Waals surface area (Å²) in [5, 5.41) is 14.3. The van der Waals surface area contributed by atoms with Crippen LogP contribution in [0.4, 0.5) is 10.5 Å². The van der Waals surface area contributed by atoms with E-state index < -0.39 is 12.0 Å². The molecule has 0 aromatic heterocycles. The van der Waals surface area contributed by atoms with Gasteiger partial charge in [0.2, 0.25) is 0 Å². The van der Waals surface area contributed by atoms with Crippen molar-refractivity contribution < 1.29 is 19.4 Å². The molecule has 1 unspecified atom stereocenters. The quantitative estimate of drug-likeness (QED) is 0.740. The molecule has 2 amide bonds. The van der Waals surface area contributed by atoms with Gasteiger partial charge >= 0.3 is 12.0 Å². The predicted octanol–water partition coefficient (Wildman–Crippen LogP) is 2.69. The van der Waals surface area contributed by atoms with Crippen LogP contribution >= 0.6 is 15.9 Å². The summed E-state index contributed by atoms with van der Waals surface area (Å²) in [4.78, 5) is 22.9. The average molecular weight is 345 g/mol. The van der Waals surface area contributed by atoms with E-state index in [1.165, 1.54) is 6.07 Å². The third-order valence-electron chi connectivity index (χ3n) is 2.59. The molecule has 110 valence electrons. The Morgan fingerprint density at radius 1 is 1.45 bits per heavy atom. The van der Waals surface area contributed by atoms with Crippen molar-refractivity contribution in [2.45, 2.75) is 19.4 Å². The molecular weight excluding hydrogens is 328 g/mol. The van der Waals surface area contributed by atoms with Gasteiger partial charge in [-0.05, 0) is 31.5 Å². The number of carboxylic acid groups (broad SMARTS) is 1. The molecule has 0 aliphatic rings. The summed E-state index contributed by atoms with van der Waals surface area (Å²) in [5.41, 5.74) is 0.274. The first-order valence-electron chi connectivity index (χ1n) is 6.03. The van der Waals surface area contributed by atoms with E-state index in [0.29, 0.717) is 17.5 Å². The molecule has 1 rings (SSSR count). The number of carbonyl (C=O) groups is 2. The Hall–Kier alpha value is -1.60. The van der Waals surface area contributed by atoms with Crippen molar-refractivity contribution in [1.82, 2.24) is 5.32 Å². The third-order valence-corrected chi connectivity index (χ3v) is 3.09. The lowest BCUT2D eigenvalue weighted by Gasteiger charge is -2.15. The van der Waals surface area contributed by atoms with Gasteiger partial charge in [0, 0.05) is 24.2 Å². The first kappa shape index (κ1) is 16.5. The maximum Gasteiger partial charge on any atom is 0.337 e. The average Bonchev–Trinajstić information content (AvgIpc) is 2.35. The molecule has 0 saturated heterocycles. The van der Waals surface area contributed by atoms with E-state index in [-0.39, 0.29) is 17.3 Å². The first-order chi connectivity index (χ1) is 9.43. The highest BCUT2D eigenvalue weighted by atomic mass is 79.9. The van der Waals surface area contributed by atoms with Crippen molar-refractivity contribution in [1.29, 1.82) is 0 Å². The third kappa shape index (κ3) is 5.18. The zero-order chi connectivity index (χ0) is 15.1. The maximum atomic E-state index is 11.8. The molecule has 20 heavy (non-hydrogen) atoms. The second kappa shape index (κ2) is 7.86. The Morgan fingerprint density at radius 3 is 2.75 bits per heavy atom. The van der Waals surface area contributed by atoms with Gasteiger partial charge in [0.1, 0.15) is 0 Å². The maximum absolute atomic E-state index is 11.8. The lowest BCUT2D eigenvalue weighted by Crippen LogP contribution is -2.37. The van der Waals surface area contributed by atoms with E-state index in [0.717, 1.165) is 0 Å². The molecule has 0 heterocycles. The SMILES string of the molecule is COCCC(C)NC(=O)Nc1cc(Br)ccc1C(=O)O. The number of nitrogens with one attached hydrogen (secondary N) is 2. The molecule has 7 heteroatoms. The van der Waals surface area contributed by atoms with Gasteiger partial charge in [-0.3, -0.25) is 0 Å². The van der Waals surface area contributed by atoms with Crippen LogP contribution in [-0.4, -0.2) is 36.9 Å². The van der Waals surface area contributed by atoms with Crippen molar-refractivity contribution in [2.24, 2.45) is 0 Å². The Bertz CT molecular complexity index is 493. The molecule has 3 N–H and O–H groups in total. The molecule has 0 fully saturated rings. The molecular formula is C13H17BrN2O4. The van der Waals surface area contributed by atoms with Crippen molar-refractivity contribution in [2.75, 3.05) is 19.0 Å². The fraction of sp³-hybridized carbons (Fsp3) is 0.385. The Morgan fingerprint density at radius 2 is 2.15 bits per heavy atom. The van der Waals surface area contributed by atoms with Crippen LogP contribution in [0, 0.1) is 0 Å². The number of amides is 2. The standard InChI is InChI=1S/C13H17BrN2O4/c1-8(5-6-20-2)15-13(19)16-11-7-9(14)3-4-10(11)12(17)18/h3-4,7-8H,5-6H2,1-2H3,(H,17,18)(H2,15,16,19). The number of carbonyl (C=O) groups excluding carboxylic acids is 1. The molecule has 1 aromatic rings. The summed E-state index contributed by atoms with van der Waals surface area (Å²) in [7, 11) is 1.59. The van der Waals surface area contributed by atoms with Crippen LogP contribution in [0.15, 0.2) is 22.7 Å². The van der Waals surface area contributed by atoms with E-state index >= 15 is 0 Å². The largest absolute Gasteiger partial charge is 0.478 e. The summed E-state index contributed by atoms with van der Waals surface area (Å²) in [6.07, 6.45) is 0.675. The van der Waals surface area contributed by atoms with Crippen molar-refractivity contribution in [3.8, 4) is 0 Å². The van der Waals surface area contributed by atoms with Crippen LogP contribution in [-0.2, 0) is 4.74 Å². The number of hydrogen-bond acceptors (Lipinski definition) is 3. The van der Waals surface area contributed by atoms with Gasteiger partial charge in [-0.1, -0.05) is 15.9 Å². The number of aromatic carboxylic acids is 1. The number of benzene rings is 1. The number of hydrogen-bond donors (Lipinski definition) is 3. The molecule has 0 aliphatic heterocycles. The number of urea groups is 1. The summed E-state index contributed by atoms with van der Waals surface area (Å²) in [6, 6.07) is 4.05. The monoisotopic (exact) mass is 344 g/mol. The van der Waals surface area contributed by atoms with Crippen LogP contribution in [0.1, 0.15) is 23.7 Å². The van der Waals surface area contributed by atoms with E-state index in [9.17, 15) is 9.59 Å². The van der Waals surface area contributed by atoms with Crippen LogP contribution in [0.25, 0.3) is 0 Å². The first-order valence-corrected chi connectivity index (χ1v) is 6.82. The highest BCUT2D eigenvalue weighted by molar-refractivity contribution is 9.10. The van der Waals surface area contributed by atoms with E-state index in [1.54, 1.807) is 19.2 Å². The van der Waals surface area contributed by atoms with Gasteiger partial charge in [-0.2, -0.15) is 0 Å². The molecule has 0 saturated carbocycles. The second-order valence-electron chi connectivity index (χ2n) is 4.28. The lowest BCUT2D eigenvalue weighted by atomic mass is 10.2. The number of methoxy groups -OCH3 is 1. The summed E-state index contributed by atoms with van der Waals surface area (Å²) in [6.45, 7) is 2.39. The molecule has 0 radical (unpaired) electrons. The van der Waals surface area contributed by atoms with Gasteiger partial charge < -0.3 is 20.5 Å². The zero-order valence-electron chi connectivity index (χ0n) is 11.3. The van der Waals surface area contributed by atoms with Crippen molar-refractivity contribution in [3.63, 3.8) is 0 Å². The number of ether oxygens (including phenoxy) is 1. The minimum Gasteiger partial charge on any atom is -0.478 e. The van der Waals surface area contributed by atoms with Gasteiger partial charge in [-0.15, -0.1) is 0 Å². The molecule has 6 nitrogen and oxygen atoms in total. The van der Waals surface area contributed by atoms with E-state index in [4.69, 9.17) is 9.84 Å². The number of anilines is 1. The molecule has 0 bridgehead atoms. The smallest absolute Gasteiger partial charge is 0.337 e. The van der Waals surface area contributed by atoms with Crippen molar-refractivity contribution >= 4 is 33.6 Å². The molecule has 0 aliphatic carbocycles. The van der Waals surface area contributed by atoms with Crippen LogP contribution in [0.3, 0.4) is 0 Å². The van der Waals surface area contributed by atoms with Gasteiger partial charge in [-0.25, -0.2) is 9.59 Å². The minimum atomic E-state index is -1.10. The highest BCUT2D eigenvalue weighted by Gasteiger charge is 2.14. The van der Waals surface area contributed by atoms with Crippen LogP contribution in [0.5, 0.6) is 0 Å². The van der Waals surface area contributed by atoms with Gasteiger partial charge in [0.15, 0.2) is 0 Å². The highest BCUT2D eigenvalue weighted by Crippen LogP contribution is 2.21. The summed E-state index contributed by atoms with van der Waals surface area (Å²) < 4.78 is 5.61. The van der Waals surface area contributed by atoms with E-state index in [2.05, 4.69) is 26.6 Å². The fourth-order valence-electron chi connectivity index (χ4n) is 1.56. The fourth-order valence-corrected chi connectivity index (χ4v) is 1.92. The summed E-state index contributed by atoms with van der Waals surface area (Å²) in [5.74, 6) is -1.10. The minimum absolute atomic E-state index is 0.0351. The second-order valence-corrected chi connectivity index (χ2v) is 5.19. The van der Waals surface area contributed by atoms with Gasteiger partial charge in [0.05, 0.1) is 11.3 Å². The number of carboxylic acids is 1. The Kier molecular flexibility index (Phi) is 6.47. The van der Waals surface area contributed by atoms with E-state index in [1.807, 2.05) is 6.92 Å². The topological polar surface area (TPSA) is 87.7 Å². The Balaban J connectivity index is 2.70. The normalized spacial score (nSPS) is 11.8. The number of rotatable bonds is 6.